The third kappa shape index (κ3) is 7.18. The first kappa shape index (κ1) is 19.8. The molecule has 0 amide bonds. The smallest absolute Gasteiger partial charge is 0.218 e. The van der Waals surface area contributed by atoms with Gasteiger partial charge < -0.3 is 9.26 Å². The summed E-state index contributed by atoms with van der Waals surface area (Å²) in [4.78, 5) is 4.13. The molecule has 1 fully saturated rings. The second kappa shape index (κ2) is 8.75. The largest absolute Gasteiger partial charge is 0.436 e. The molecule has 1 saturated heterocycles. The molecular formula is C18H31N2O2PS. The van der Waals surface area contributed by atoms with Crippen molar-refractivity contribution in [2.75, 3.05) is 6.16 Å². The van der Waals surface area contributed by atoms with Gasteiger partial charge in [0.2, 0.25) is 5.88 Å². The number of hydrogen-bond donors (Lipinski definition) is 1. The summed E-state index contributed by atoms with van der Waals surface area (Å²) >= 11 is 5.44. The summed E-state index contributed by atoms with van der Waals surface area (Å²) in [6.07, 6.45) is 7.83. The van der Waals surface area contributed by atoms with Crippen LogP contribution in [0.3, 0.4) is 0 Å². The molecule has 0 radical (unpaired) electrons. The van der Waals surface area contributed by atoms with E-state index in [1.165, 1.54) is 25.7 Å². The number of aromatic nitrogens is 1. The fourth-order valence-corrected chi connectivity index (χ4v) is 4.72. The lowest BCUT2D eigenvalue weighted by Crippen LogP contribution is -2.07. The van der Waals surface area contributed by atoms with Crippen molar-refractivity contribution in [1.82, 2.24) is 4.98 Å². The molecule has 3 unspecified atom stereocenters. The highest BCUT2D eigenvalue weighted by Gasteiger charge is 2.46. The fraction of sp³-hybridized carbons (Fsp3) is 0.722. The normalized spacial score (nSPS) is 22.6. The zero-order valence-corrected chi connectivity index (χ0v) is 16.8. The molecule has 1 aromatic heterocycles. The Morgan fingerprint density at radius 3 is 2.71 bits per heavy atom. The van der Waals surface area contributed by atoms with Gasteiger partial charge in [-0.1, -0.05) is 32.3 Å². The first-order chi connectivity index (χ1) is 11.3. The Morgan fingerprint density at radius 2 is 2.08 bits per heavy atom. The van der Waals surface area contributed by atoms with Crippen molar-refractivity contribution in [2.24, 2.45) is 11.4 Å². The van der Waals surface area contributed by atoms with Crippen LogP contribution in [0.15, 0.2) is 24.4 Å². The van der Waals surface area contributed by atoms with Gasteiger partial charge in [0.25, 0.3) is 0 Å². The number of ether oxygens (including phenoxy) is 1. The van der Waals surface area contributed by atoms with Gasteiger partial charge >= 0.3 is 0 Å². The zero-order chi connectivity index (χ0) is 17.6. The third-order valence-corrected chi connectivity index (χ3v) is 6.85. The Labute approximate surface area is 151 Å². The van der Waals surface area contributed by atoms with Gasteiger partial charge in [-0.2, -0.15) is 0 Å². The molecule has 6 heteroatoms. The highest BCUT2D eigenvalue weighted by Crippen LogP contribution is 2.40. The fourth-order valence-electron chi connectivity index (χ4n) is 2.93. The van der Waals surface area contributed by atoms with Crippen LogP contribution < -0.4 is 10.0 Å². The van der Waals surface area contributed by atoms with E-state index in [1.807, 2.05) is 12.1 Å². The number of nitrogens with zero attached hydrogens (tertiary/aromatic N) is 1. The van der Waals surface area contributed by atoms with Crippen LogP contribution in [0.2, 0.25) is 0 Å². The van der Waals surface area contributed by atoms with Crippen LogP contribution in [0.5, 0.6) is 5.88 Å². The van der Waals surface area contributed by atoms with E-state index in [0.29, 0.717) is 12.0 Å². The van der Waals surface area contributed by atoms with Crippen molar-refractivity contribution >= 4 is 18.2 Å². The number of hydrogen-bond acceptors (Lipinski definition) is 4. The molecule has 0 aliphatic carbocycles. The summed E-state index contributed by atoms with van der Waals surface area (Å²) in [5.41, 5.74) is 6.28. The molecular weight excluding hydrogens is 339 g/mol. The van der Waals surface area contributed by atoms with Gasteiger partial charge in [0, 0.05) is 18.4 Å². The Bertz CT molecular complexity index is 553. The molecule has 1 aliphatic heterocycles. The van der Waals surface area contributed by atoms with Crippen molar-refractivity contribution < 1.29 is 9.26 Å². The highest BCUT2D eigenvalue weighted by atomic mass is 32.4. The van der Waals surface area contributed by atoms with Crippen LogP contribution in [0, 0.1) is 5.92 Å². The quantitative estimate of drug-likeness (QED) is 0.342. The summed E-state index contributed by atoms with van der Waals surface area (Å²) in [5.74, 6) is 1.30. The van der Waals surface area contributed by atoms with Gasteiger partial charge in [0.1, 0.15) is 0 Å². The average Bonchev–Trinajstić information content (AvgIpc) is 3.12. The Hall–Kier alpha value is -0.480. The predicted molar refractivity (Wildman–Crippen MR) is 104 cm³/mol. The summed E-state index contributed by atoms with van der Waals surface area (Å²) in [5, 5.41) is 0. The molecule has 2 rings (SSSR count). The molecule has 1 aliphatic rings. The van der Waals surface area contributed by atoms with Crippen molar-refractivity contribution in [1.29, 1.82) is 0 Å². The van der Waals surface area contributed by atoms with E-state index in [-0.39, 0.29) is 5.60 Å². The molecule has 136 valence electrons. The monoisotopic (exact) mass is 370 g/mol. The number of pyridine rings is 1. The van der Waals surface area contributed by atoms with Crippen LogP contribution in [0.4, 0.5) is 0 Å². The van der Waals surface area contributed by atoms with E-state index in [4.69, 9.17) is 26.6 Å². The Kier molecular flexibility index (Phi) is 7.23. The van der Waals surface area contributed by atoms with Gasteiger partial charge in [0.15, 0.2) is 6.42 Å². The van der Waals surface area contributed by atoms with Crippen LogP contribution in [-0.2, 0) is 16.5 Å². The number of unbranched alkanes of at least 4 members (excludes halogenated alkanes) is 2. The summed E-state index contributed by atoms with van der Waals surface area (Å²) < 4.78 is 11.3. The van der Waals surface area contributed by atoms with Gasteiger partial charge in [-0.15, -0.1) is 0 Å². The first-order valence-electron chi connectivity index (χ1n) is 8.94. The lowest BCUT2D eigenvalue weighted by atomic mass is 9.95. The summed E-state index contributed by atoms with van der Waals surface area (Å²) in [6.45, 7) is 6.69. The van der Waals surface area contributed by atoms with Gasteiger partial charge in [-0.05, 0) is 56.9 Å². The zero-order valence-electron chi connectivity index (χ0n) is 15.1. The number of nitrogens with two attached hydrogens (primary N) is 1. The average molecular weight is 370 g/mol. The second-order valence-corrected chi connectivity index (χ2v) is 11.4. The first-order valence-corrected chi connectivity index (χ1v) is 11.9. The molecule has 0 spiro atoms. The minimum atomic E-state index is -2.26. The standard InChI is InChI=1S/C18H31N2O2PS/c1-15(11-12-16-18(2,3)21-16)9-5-4-8-14-23(19,24)22-17-10-6-7-13-20-17/h6-7,10,13,15-16H,4-5,8-9,11-12,14H2,1-3H3,(H2,19,24). The molecule has 3 atom stereocenters. The highest BCUT2D eigenvalue weighted by molar-refractivity contribution is 8.11. The van der Waals surface area contributed by atoms with Crippen LogP contribution >= 0.6 is 6.42 Å². The maximum atomic E-state index is 6.15. The van der Waals surface area contributed by atoms with Crippen LogP contribution in [-0.4, -0.2) is 22.9 Å². The van der Waals surface area contributed by atoms with E-state index >= 15 is 0 Å². The lowest BCUT2D eigenvalue weighted by Gasteiger charge is -2.17. The van der Waals surface area contributed by atoms with E-state index in [2.05, 4.69) is 25.8 Å². The third-order valence-electron chi connectivity index (χ3n) is 4.64. The SMILES string of the molecule is CC(CCCCCP(N)(=S)Oc1ccccn1)CCC1OC1(C)C. The maximum Gasteiger partial charge on any atom is 0.218 e. The van der Waals surface area contributed by atoms with Crippen molar-refractivity contribution in [2.45, 2.75) is 71.0 Å². The lowest BCUT2D eigenvalue weighted by molar-refractivity contribution is 0.312. The Morgan fingerprint density at radius 1 is 1.33 bits per heavy atom. The molecule has 0 bridgehead atoms. The van der Waals surface area contributed by atoms with E-state index < -0.39 is 6.42 Å². The van der Waals surface area contributed by atoms with Gasteiger partial charge in [-0.3, -0.25) is 5.50 Å². The van der Waals surface area contributed by atoms with Crippen molar-refractivity contribution in [3.8, 4) is 5.88 Å². The van der Waals surface area contributed by atoms with E-state index in [0.717, 1.165) is 24.9 Å². The summed E-state index contributed by atoms with van der Waals surface area (Å²) in [6, 6.07) is 5.54. The summed E-state index contributed by atoms with van der Waals surface area (Å²) in [7, 11) is 0. The van der Waals surface area contributed by atoms with Crippen LogP contribution in [0.1, 0.15) is 59.3 Å². The van der Waals surface area contributed by atoms with Crippen molar-refractivity contribution in [3.63, 3.8) is 0 Å². The Balaban J connectivity index is 1.53. The molecule has 24 heavy (non-hydrogen) atoms. The van der Waals surface area contributed by atoms with Crippen LogP contribution in [0.25, 0.3) is 0 Å². The molecule has 2 heterocycles. The topological polar surface area (TPSA) is 60.7 Å². The van der Waals surface area contributed by atoms with Gasteiger partial charge in [-0.25, -0.2) is 4.98 Å². The molecule has 0 aromatic carbocycles. The molecule has 0 saturated carbocycles. The minimum Gasteiger partial charge on any atom is -0.436 e. The number of epoxide rings is 1. The molecule has 4 nitrogen and oxygen atoms in total. The minimum absolute atomic E-state index is 0.130. The predicted octanol–water partition coefficient (Wildman–Crippen LogP) is 4.88. The van der Waals surface area contributed by atoms with Gasteiger partial charge in [0.05, 0.1) is 11.7 Å². The van der Waals surface area contributed by atoms with E-state index in [1.54, 1.807) is 12.3 Å². The van der Waals surface area contributed by atoms with Crippen molar-refractivity contribution in [3.05, 3.63) is 24.4 Å². The number of rotatable bonds is 11. The second-order valence-electron chi connectivity index (χ2n) is 7.45. The molecule has 2 N–H and O–H groups in total. The molecule has 1 aromatic rings. The van der Waals surface area contributed by atoms with E-state index in [9.17, 15) is 0 Å². The maximum absolute atomic E-state index is 6.15.